The molecule has 2 aromatic carbocycles. The van der Waals surface area contributed by atoms with Crippen LogP contribution in [0.4, 0.5) is 17.2 Å². The van der Waals surface area contributed by atoms with Crippen LogP contribution in [0.5, 0.6) is 0 Å². The number of azo groups is 1. The van der Waals surface area contributed by atoms with Gasteiger partial charge in [0.15, 0.2) is 0 Å². The summed E-state index contributed by atoms with van der Waals surface area (Å²) >= 11 is 0. The van der Waals surface area contributed by atoms with E-state index in [1.807, 2.05) is 51.5 Å². The van der Waals surface area contributed by atoms with Crippen molar-refractivity contribution in [2.45, 2.75) is 6.92 Å². The SMILES string of the molecule is Cc1ccc2ccc(N=Nc3ccc(N(C)C)cc3)[n+](C)c2c1. The Morgan fingerprint density at radius 3 is 2.26 bits per heavy atom. The van der Waals surface area contributed by atoms with Gasteiger partial charge in [-0.3, -0.25) is 0 Å². The van der Waals surface area contributed by atoms with Gasteiger partial charge in [0.05, 0.1) is 12.2 Å². The quantitative estimate of drug-likeness (QED) is 0.519. The summed E-state index contributed by atoms with van der Waals surface area (Å²) in [5.41, 5.74) is 4.39. The highest BCUT2D eigenvalue weighted by atomic mass is 15.2. The molecule has 0 saturated heterocycles. The molecule has 23 heavy (non-hydrogen) atoms. The Labute approximate surface area is 136 Å². The number of aryl methyl sites for hydroxylation is 2. The second-order valence-electron chi connectivity index (χ2n) is 5.92. The minimum absolute atomic E-state index is 0.833. The minimum Gasteiger partial charge on any atom is -0.378 e. The van der Waals surface area contributed by atoms with E-state index in [0.29, 0.717) is 0 Å². The molecule has 0 fully saturated rings. The molecule has 1 heterocycles. The summed E-state index contributed by atoms with van der Waals surface area (Å²) in [6.45, 7) is 2.10. The number of anilines is 1. The third-order valence-electron chi connectivity index (χ3n) is 3.94. The standard InChI is InChI=1S/C19H21N4/c1-14-5-6-15-7-12-19(23(4)18(15)13-14)21-20-16-8-10-17(11-9-16)22(2)3/h5-13H,1-4H3/q+1. The molecule has 4 nitrogen and oxygen atoms in total. The molecule has 0 aliphatic carbocycles. The fourth-order valence-electron chi connectivity index (χ4n) is 2.51. The average Bonchev–Trinajstić information content (AvgIpc) is 2.55. The van der Waals surface area contributed by atoms with Gasteiger partial charge in [-0.1, -0.05) is 12.1 Å². The number of aromatic nitrogens is 1. The van der Waals surface area contributed by atoms with Crippen LogP contribution in [0.1, 0.15) is 5.56 Å². The van der Waals surface area contributed by atoms with Gasteiger partial charge in [-0.15, -0.1) is 0 Å². The molecule has 0 amide bonds. The molecule has 116 valence electrons. The van der Waals surface area contributed by atoms with Crippen LogP contribution in [0.25, 0.3) is 10.9 Å². The van der Waals surface area contributed by atoms with Gasteiger partial charge < -0.3 is 4.90 Å². The molecule has 1 aromatic heterocycles. The molecule has 0 atom stereocenters. The van der Waals surface area contributed by atoms with Crippen molar-refractivity contribution in [2.75, 3.05) is 19.0 Å². The van der Waals surface area contributed by atoms with Crippen molar-refractivity contribution in [1.29, 1.82) is 0 Å². The summed E-state index contributed by atoms with van der Waals surface area (Å²) in [6.07, 6.45) is 0. The topological polar surface area (TPSA) is 31.8 Å². The number of fused-ring (bicyclic) bond motifs is 1. The van der Waals surface area contributed by atoms with Crippen LogP contribution in [0.3, 0.4) is 0 Å². The zero-order chi connectivity index (χ0) is 16.4. The summed E-state index contributed by atoms with van der Waals surface area (Å²) in [5, 5.41) is 9.96. The van der Waals surface area contributed by atoms with Gasteiger partial charge in [0.1, 0.15) is 11.2 Å². The maximum Gasteiger partial charge on any atom is 0.350 e. The molecule has 0 unspecified atom stereocenters. The molecule has 0 aliphatic rings. The smallest absolute Gasteiger partial charge is 0.350 e. The number of nitrogens with zero attached hydrogens (tertiary/aromatic N) is 4. The Bertz CT molecular complexity index is 864. The van der Waals surface area contributed by atoms with Crippen molar-refractivity contribution < 1.29 is 4.57 Å². The fraction of sp³-hybridized carbons (Fsp3) is 0.211. The van der Waals surface area contributed by atoms with Gasteiger partial charge in [0.25, 0.3) is 0 Å². The monoisotopic (exact) mass is 305 g/mol. The van der Waals surface area contributed by atoms with Crippen molar-refractivity contribution >= 4 is 28.1 Å². The predicted octanol–water partition coefficient (Wildman–Crippen LogP) is 4.45. The summed E-state index contributed by atoms with van der Waals surface area (Å²) < 4.78 is 2.07. The summed E-state index contributed by atoms with van der Waals surface area (Å²) in [7, 11) is 6.06. The van der Waals surface area contributed by atoms with Gasteiger partial charge in [-0.2, -0.15) is 0 Å². The van der Waals surface area contributed by atoms with Crippen LogP contribution in [0.15, 0.2) is 64.8 Å². The molecule has 0 N–H and O–H groups in total. The largest absolute Gasteiger partial charge is 0.378 e. The van der Waals surface area contributed by atoms with Gasteiger partial charge in [0.2, 0.25) is 0 Å². The van der Waals surface area contributed by atoms with Crippen molar-refractivity contribution in [3.05, 3.63) is 60.2 Å². The van der Waals surface area contributed by atoms with Gasteiger partial charge >= 0.3 is 5.82 Å². The van der Waals surface area contributed by atoms with Gasteiger partial charge in [0, 0.05) is 31.2 Å². The molecule has 3 rings (SSSR count). The summed E-state index contributed by atoms with van der Waals surface area (Å²) in [5.74, 6) is 0.833. The first kappa shape index (κ1) is 15.2. The zero-order valence-corrected chi connectivity index (χ0v) is 14.0. The first-order chi connectivity index (χ1) is 11.0. The molecule has 0 spiro atoms. The first-order valence-corrected chi connectivity index (χ1v) is 7.63. The highest BCUT2D eigenvalue weighted by Gasteiger charge is 2.10. The summed E-state index contributed by atoms with van der Waals surface area (Å²) in [6, 6.07) is 18.5. The second kappa shape index (κ2) is 6.16. The van der Waals surface area contributed by atoms with E-state index in [-0.39, 0.29) is 0 Å². The molecule has 3 aromatic rings. The van der Waals surface area contributed by atoms with E-state index >= 15 is 0 Å². The van der Waals surface area contributed by atoms with Gasteiger partial charge in [-0.05, 0) is 54.0 Å². The van der Waals surface area contributed by atoms with Crippen molar-refractivity contribution in [1.82, 2.24) is 0 Å². The lowest BCUT2D eigenvalue weighted by atomic mass is 10.1. The maximum atomic E-state index is 4.40. The van der Waals surface area contributed by atoms with E-state index in [0.717, 1.165) is 22.7 Å². The lowest BCUT2D eigenvalue weighted by Crippen LogP contribution is -2.29. The van der Waals surface area contributed by atoms with E-state index in [1.165, 1.54) is 10.9 Å². The molecule has 0 radical (unpaired) electrons. The van der Waals surface area contributed by atoms with Crippen LogP contribution in [0, 0.1) is 6.92 Å². The van der Waals surface area contributed by atoms with Crippen molar-refractivity contribution in [3.63, 3.8) is 0 Å². The highest BCUT2D eigenvalue weighted by Crippen LogP contribution is 2.21. The first-order valence-electron chi connectivity index (χ1n) is 7.63. The molecule has 0 bridgehead atoms. The highest BCUT2D eigenvalue weighted by molar-refractivity contribution is 5.77. The number of pyridine rings is 1. The molecule has 4 heteroatoms. The van der Waals surface area contributed by atoms with E-state index < -0.39 is 0 Å². The maximum absolute atomic E-state index is 4.40. The lowest BCUT2D eigenvalue weighted by molar-refractivity contribution is -0.631. The Hall–Kier alpha value is -2.75. The average molecular weight is 305 g/mol. The third-order valence-corrected chi connectivity index (χ3v) is 3.94. The Kier molecular flexibility index (Phi) is 4.06. The minimum atomic E-state index is 0.833. The van der Waals surface area contributed by atoms with Gasteiger partial charge in [-0.25, -0.2) is 4.57 Å². The van der Waals surface area contributed by atoms with Crippen LogP contribution in [-0.2, 0) is 7.05 Å². The van der Waals surface area contributed by atoms with Crippen molar-refractivity contribution in [3.8, 4) is 0 Å². The number of benzene rings is 2. The third kappa shape index (κ3) is 3.21. The fourth-order valence-corrected chi connectivity index (χ4v) is 2.51. The van der Waals surface area contributed by atoms with Crippen LogP contribution < -0.4 is 9.47 Å². The number of hydrogen-bond acceptors (Lipinski definition) is 3. The van der Waals surface area contributed by atoms with E-state index in [1.54, 1.807) is 0 Å². The molecular formula is C19H21N4+. The molecule has 0 aliphatic heterocycles. The Balaban J connectivity index is 1.93. The lowest BCUT2D eigenvalue weighted by Gasteiger charge is -2.11. The van der Waals surface area contributed by atoms with E-state index in [2.05, 4.69) is 50.9 Å². The van der Waals surface area contributed by atoms with Crippen LogP contribution >= 0.6 is 0 Å². The van der Waals surface area contributed by atoms with Crippen LogP contribution in [0.2, 0.25) is 0 Å². The summed E-state index contributed by atoms with van der Waals surface area (Å²) in [4.78, 5) is 2.06. The van der Waals surface area contributed by atoms with E-state index in [9.17, 15) is 0 Å². The van der Waals surface area contributed by atoms with Crippen LogP contribution in [-0.4, -0.2) is 14.1 Å². The predicted molar refractivity (Wildman–Crippen MR) is 94.8 cm³/mol. The number of hydrogen-bond donors (Lipinski definition) is 0. The molecular weight excluding hydrogens is 284 g/mol. The Morgan fingerprint density at radius 2 is 1.57 bits per heavy atom. The zero-order valence-electron chi connectivity index (χ0n) is 14.0. The van der Waals surface area contributed by atoms with E-state index in [4.69, 9.17) is 0 Å². The molecule has 0 saturated carbocycles. The second-order valence-corrected chi connectivity index (χ2v) is 5.92. The number of rotatable bonds is 3. The Morgan fingerprint density at radius 1 is 0.870 bits per heavy atom. The van der Waals surface area contributed by atoms with Crippen molar-refractivity contribution in [2.24, 2.45) is 17.3 Å². The normalized spacial score (nSPS) is 11.3.